The second-order valence-corrected chi connectivity index (χ2v) is 6.03. The molecule has 0 aliphatic heterocycles. The number of nitrogens with zero attached hydrogens (tertiary/aromatic N) is 4. The van der Waals surface area contributed by atoms with Crippen molar-refractivity contribution in [3.63, 3.8) is 0 Å². The molecule has 0 atom stereocenters. The van der Waals surface area contributed by atoms with Crippen LogP contribution >= 0.6 is 0 Å². The van der Waals surface area contributed by atoms with Crippen molar-refractivity contribution in [1.82, 2.24) is 25.1 Å². The van der Waals surface area contributed by atoms with Crippen molar-refractivity contribution >= 4 is 17.5 Å². The van der Waals surface area contributed by atoms with Crippen LogP contribution in [0.25, 0.3) is 5.82 Å². The van der Waals surface area contributed by atoms with E-state index >= 15 is 0 Å². The summed E-state index contributed by atoms with van der Waals surface area (Å²) in [5.41, 5.74) is 1.74. The summed E-state index contributed by atoms with van der Waals surface area (Å²) in [7, 11) is 0. The predicted molar refractivity (Wildman–Crippen MR) is 100 cm³/mol. The molecular formula is C18H19F2N7O. The van der Waals surface area contributed by atoms with E-state index in [4.69, 9.17) is 0 Å². The molecule has 0 aliphatic carbocycles. The van der Waals surface area contributed by atoms with Crippen LogP contribution < -0.4 is 16.0 Å². The van der Waals surface area contributed by atoms with Gasteiger partial charge in [0.15, 0.2) is 5.82 Å². The molecule has 3 aromatic rings. The maximum absolute atomic E-state index is 13.5. The number of benzene rings is 1. The van der Waals surface area contributed by atoms with Gasteiger partial charge >= 0.3 is 6.03 Å². The average molecular weight is 387 g/mol. The van der Waals surface area contributed by atoms with Gasteiger partial charge in [-0.1, -0.05) is 0 Å². The van der Waals surface area contributed by atoms with E-state index in [2.05, 4.69) is 31.0 Å². The maximum Gasteiger partial charge on any atom is 0.319 e. The molecule has 0 saturated carbocycles. The summed E-state index contributed by atoms with van der Waals surface area (Å²) >= 11 is 0. The molecule has 0 radical (unpaired) electrons. The average Bonchev–Trinajstić information content (AvgIpc) is 3.00. The summed E-state index contributed by atoms with van der Waals surface area (Å²) in [6.07, 6.45) is 1.42. The minimum Gasteiger partial charge on any atom is -0.368 e. The molecule has 10 heteroatoms. The van der Waals surface area contributed by atoms with Crippen LogP contribution in [0.3, 0.4) is 0 Å². The zero-order chi connectivity index (χ0) is 20.1. The molecule has 0 unspecified atom stereocenters. The summed E-state index contributed by atoms with van der Waals surface area (Å²) < 4.78 is 28.1. The minimum absolute atomic E-state index is 0.0998. The third-order valence-electron chi connectivity index (χ3n) is 3.78. The Morgan fingerprint density at radius 2 is 1.93 bits per heavy atom. The van der Waals surface area contributed by atoms with Crippen LogP contribution in [0, 0.1) is 25.5 Å². The Kier molecular flexibility index (Phi) is 5.78. The molecule has 3 N–H and O–H groups in total. The molecule has 3 rings (SSSR count). The van der Waals surface area contributed by atoms with Gasteiger partial charge in [0.1, 0.15) is 23.8 Å². The van der Waals surface area contributed by atoms with Gasteiger partial charge in [-0.15, -0.1) is 0 Å². The molecule has 0 saturated heterocycles. The van der Waals surface area contributed by atoms with E-state index in [0.29, 0.717) is 24.2 Å². The quantitative estimate of drug-likeness (QED) is 0.565. The molecule has 0 aliphatic rings. The maximum atomic E-state index is 13.5. The Labute approximate surface area is 160 Å². The molecular weight excluding hydrogens is 368 g/mol. The number of aromatic nitrogens is 4. The number of hydrogen-bond donors (Lipinski definition) is 3. The fourth-order valence-corrected chi connectivity index (χ4v) is 2.54. The Morgan fingerprint density at radius 3 is 2.64 bits per heavy atom. The van der Waals surface area contributed by atoms with Crippen LogP contribution in [0.5, 0.6) is 0 Å². The van der Waals surface area contributed by atoms with Gasteiger partial charge in [0.2, 0.25) is 0 Å². The lowest BCUT2D eigenvalue weighted by atomic mass is 10.3. The Balaban J connectivity index is 1.49. The highest BCUT2D eigenvalue weighted by Crippen LogP contribution is 2.14. The molecule has 146 valence electrons. The highest BCUT2D eigenvalue weighted by molar-refractivity contribution is 5.89. The van der Waals surface area contributed by atoms with Crippen LogP contribution in [0.4, 0.5) is 25.1 Å². The fourth-order valence-electron chi connectivity index (χ4n) is 2.54. The fraction of sp³-hybridized carbons (Fsp3) is 0.222. The van der Waals surface area contributed by atoms with E-state index in [1.165, 1.54) is 6.33 Å². The molecule has 28 heavy (non-hydrogen) atoms. The summed E-state index contributed by atoms with van der Waals surface area (Å²) in [6.45, 7) is 4.47. The number of carbonyl (C=O) groups is 1. The standard InChI is InChI=1S/C18H19F2N7O/c1-11-7-12(2)27(26-11)17-9-16(23-10-24-17)21-5-6-22-18(28)25-15-4-3-13(19)8-14(15)20/h3-4,7-10H,5-6H2,1-2H3,(H,21,23,24)(H2,22,25,28). The SMILES string of the molecule is Cc1cc(C)n(-c2cc(NCCNC(=O)Nc3ccc(F)cc3F)ncn2)n1. The number of nitrogens with one attached hydrogen (secondary N) is 3. The normalized spacial score (nSPS) is 10.6. The van der Waals surface area contributed by atoms with Crippen molar-refractivity contribution in [1.29, 1.82) is 0 Å². The molecule has 0 fully saturated rings. The molecule has 0 spiro atoms. The topological polar surface area (TPSA) is 96.8 Å². The monoisotopic (exact) mass is 387 g/mol. The Bertz CT molecular complexity index is 990. The number of carbonyl (C=O) groups excluding carboxylic acids is 1. The van der Waals surface area contributed by atoms with Gasteiger partial charge in [-0.3, -0.25) is 0 Å². The van der Waals surface area contributed by atoms with E-state index in [1.807, 2.05) is 19.9 Å². The van der Waals surface area contributed by atoms with Crippen LogP contribution in [0.2, 0.25) is 0 Å². The van der Waals surface area contributed by atoms with Gasteiger partial charge < -0.3 is 16.0 Å². The summed E-state index contributed by atoms with van der Waals surface area (Å²) in [5.74, 6) is -0.354. The first-order valence-corrected chi connectivity index (χ1v) is 8.52. The second kappa shape index (κ2) is 8.42. The summed E-state index contributed by atoms with van der Waals surface area (Å²) in [5, 5.41) is 12.3. The number of urea groups is 1. The van der Waals surface area contributed by atoms with Crippen molar-refractivity contribution in [2.75, 3.05) is 23.7 Å². The molecule has 8 nitrogen and oxygen atoms in total. The van der Waals surface area contributed by atoms with Crippen LogP contribution in [-0.4, -0.2) is 38.9 Å². The second-order valence-electron chi connectivity index (χ2n) is 6.03. The third kappa shape index (κ3) is 4.78. The minimum atomic E-state index is -0.842. The Morgan fingerprint density at radius 1 is 1.11 bits per heavy atom. The highest BCUT2D eigenvalue weighted by Gasteiger charge is 2.08. The van der Waals surface area contributed by atoms with Gasteiger partial charge in [-0.05, 0) is 32.0 Å². The molecule has 2 amide bonds. The van der Waals surface area contributed by atoms with Crippen LogP contribution in [-0.2, 0) is 0 Å². The predicted octanol–water partition coefficient (Wildman–Crippen LogP) is 2.79. The first-order valence-electron chi connectivity index (χ1n) is 8.52. The van der Waals surface area contributed by atoms with Crippen LogP contribution in [0.1, 0.15) is 11.4 Å². The number of aryl methyl sites for hydroxylation is 2. The van der Waals surface area contributed by atoms with Gasteiger partial charge in [-0.25, -0.2) is 28.2 Å². The lowest BCUT2D eigenvalue weighted by molar-refractivity contribution is 0.252. The van der Waals surface area contributed by atoms with Crippen molar-refractivity contribution < 1.29 is 13.6 Å². The lowest BCUT2D eigenvalue weighted by Gasteiger charge is -2.10. The number of anilines is 2. The summed E-state index contributed by atoms with van der Waals surface area (Å²) in [4.78, 5) is 20.1. The number of amides is 2. The first kappa shape index (κ1) is 19.2. The molecule has 2 aromatic heterocycles. The van der Waals surface area contributed by atoms with Gasteiger partial charge in [0, 0.05) is 30.9 Å². The van der Waals surface area contributed by atoms with Gasteiger partial charge in [0.25, 0.3) is 0 Å². The number of hydrogen-bond acceptors (Lipinski definition) is 5. The van der Waals surface area contributed by atoms with E-state index in [0.717, 1.165) is 23.5 Å². The number of rotatable bonds is 6. The molecule has 0 bridgehead atoms. The first-order chi connectivity index (χ1) is 13.4. The lowest BCUT2D eigenvalue weighted by Crippen LogP contribution is -2.33. The largest absolute Gasteiger partial charge is 0.368 e. The van der Waals surface area contributed by atoms with Crippen molar-refractivity contribution in [3.8, 4) is 5.82 Å². The zero-order valence-corrected chi connectivity index (χ0v) is 15.3. The zero-order valence-electron chi connectivity index (χ0n) is 15.3. The Hall–Kier alpha value is -3.56. The highest BCUT2D eigenvalue weighted by atomic mass is 19.1. The van der Waals surface area contributed by atoms with Gasteiger partial charge in [0.05, 0.1) is 11.4 Å². The van der Waals surface area contributed by atoms with E-state index < -0.39 is 17.7 Å². The van der Waals surface area contributed by atoms with Crippen molar-refractivity contribution in [2.45, 2.75) is 13.8 Å². The van der Waals surface area contributed by atoms with E-state index in [1.54, 1.807) is 10.7 Å². The van der Waals surface area contributed by atoms with Crippen molar-refractivity contribution in [2.24, 2.45) is 0 Å². The smallest absolute Gasteiger partial charge is 0.319 e. The van der Waals surface area contributed by atoms with E-state index in [-0.39, 0.29) is 12.2 Å². The van der Waals surface area contributed by atoms with Crippen LogP contribution in [0.15, 0.2) is 36.7 Å². The third-order valence-corrected chi connectivity index (χ3v) is 3.78. The van der Waals surface area contributed by atoms with E-state index in [9.17, 15) is 13.6 Å². The van der Waals surface area contributed by atoms with Crippen molar-refractivity contribution in [3.05, 3.63) is 59.7 Å². The molecule has 2 heterocycles. The van der Waals surface area contributed by atoms with Gasteiger partial charge in [-0.2, -0.15) is 5.10 Å². The summed E-state index contributed by atoms with van der Waals surface area (Å²) in [6, 6.07) is 6.01. The molecule has 1 aromatic carbocycles. The number of halogens is 2.